The SMILES string of the molecule is CC(C)NCc1nc2ncncc2[nH]1. The summed E-state index contributed by atoms with van der Waals surface area (Å²) < 4.78 is 0. The van der Waals surface area contributed by atoms with Crippen LogP contribution in [0.15, 0.2) is 12.5 Å². The van der Waals surface area contributed by atoms with Crippen molar-refractivity contribution in [1.29, 1.82) is 0 Å². The third kappa shape index (κ3) is 1.88. The number of hydrogen-bond acceptors (Lipinski definition) is 4. The zero-order chi connectivity index (χ0) is 9.97. The van der Waals surface area contributed by atoms with Gasteiger partial charge in [-0.15, -0.1) is 0 Å². The van der Waals surface area contributed by atoms with E-state index in [0.29, 0.717) is 6.04 Å². The van der Waals surface area contributed by atoms with Crippen LogP contribution >= 0.6 is 0 Å². The molecule has 0 aliphatic carbocycles. The summed E-state index contributed by atoms with van der Waals surface area (Å²) >= 11 is 0. The minimum absolute atomic E-state index is 0.453. The van der Waals surface area contributed by atoms with Gasteiger partial charge in [0.15, 0.2) is 5.65 Å². The lowest BCUT2D eigenvalue weighted by Crippen LogP contribution is -2.22. The smallest absolute Gasteiger partial charge is 0.180 e. The van der Waals surface area contributed by atoms with Crippen molar-refractivity contribution < 1.29 is 0 Å². The molecule has 14 heavy (non-hydrogen) atoms. The average Bonchev–Trinajstić information content (AvgIpc) is 2.57. The van der Waals surface area contributed by atoms with E-state index in [2.05, 4.69) is 39.1 Å². The Bertz CT molecular complexity index is 387. The zero-order valence-corrected chi connectivity index (χ0v) is 8.28. The summed E-state index contributed by atoms with van der Waals surface area (Å²) in [5, 5.41) is 3.28. The molecule has 0 aliphatic rings. The van der Waals surface area contributed by atoms with Crippen molar-refractivity contribution >= 4 is 11.2 Å². The maximum Gasteiger partial charge on any atom is 0.180 e. The van der Waals surface area contributed by atoms with E-state index in [1.165, 1.54) is 6.33 Å². The molecule has 2 aromatic rings. The molecule has 74 valence electrons. The number of H-pyrrole nitrogens is 1. The number of hydrogen-bond donors (Lipinski definition) is 2. The second kappa shape index (κ2) is 3.71. The maximum absolute atomic E-state index is 4.32. The molecule has 0 saturated heterocycles. The molecule has 0 aliphatic heterocycles. The number of fused-ring (bicyclic) bond motifs is 1. The quantitative estimate of drug-likeness (QED) is 0.754. The van der Waals surface area contributed by atoms with Crippen molar-refractivity contribution in [2.75, 3.05) is 0 Å². The van der Waals surface area contributed by atoms with Crippen LogP contribution in [0.25, 0.3) is 11.2 Å². The van der Waals surface area contributed by atoms with Crippen LogP contribution in [0.5, 0.6) is 0 Å². The standard InChI is InChI=1S/C9H13N5/c1-6(2)11-4-8-13-7-3-10-5-12-9(7)14-8/h3,5-6,11H,4H2,1-2H3,(H,10,12,13,14). The Morgan fingerprint density at radius 3 is 3.07 bits per heavy atom. The van der Waals surface area contributed by atoms with Gasteiger partial charge < -0.3 is 10.3 Å². The van der Waals surface area contributed by atoms with Crippen molar-refractivity contribution in [3.63, 3.8) is 0 Å². The maximum atomic E-state index is 4.32. The van der Waals surface area contributed by atoms with E-state index in [0.717, 1.165) is 23.5 Å². The molecular weight excluding hydrogens is 178 g/mol. The van der Waals surface area contributed by atoms with Crippen LogP contribution in [0.1, 0.15) is 19.7 Å². The zero-order valence-electron chi connectivity index (χ0n) is 8.28. The van der Waals surface area contributed by atoms with Crippen molar-refractivity contribution in [1.82, 2.24) is 25.3 Å². The summed E-state index contributed by atoms with van der Waals surface area (Å²) in [5.41, 5.74) is 1.61. The summed E-state index contributed by atoms with van der Waals surface area (Å²) in [4.78, 5) is 15.4. The summed E-state index contributed by atoms with van der Waals surface area (Å²) in [6.45, 7) is 4.93. The average molecular weight is 191 g/mol. The van der Waals surface area contributed by atoms with Crippen LogP contribution in [0, 0.1) is 0 Å². The molecule has 2 N–H and O–H groups in total. The Morgan fingerprint density at radius 1 is 1.50 bits per heavy atom. The lowest BCUT2D eigenvalue weighted by molar-refractivity contribution is 0.576. The fraction of sp³-hybridized carbons (Fsp3) is 0.444. The molecule has 0 radical (unpaired) electrons. The first-order valence-electron chi connectivity index (χ1n) is 4.63. The molecule has 2 rings (SSSR count). The van der Waals surface area contributed by atoms with Gasteiger partial charge in [-0.1, -0.05) is 13.8 Å². The van der Waals surface area contributed by atoms with Gasteiger partial charge in [-0.3, -0.25) is 0 Å². The van der Waals surface area contributed by atoms with E-state index < -0.39 is 0 Å². The third-order valence-corrected chi connectivity index (χ3v) is 1.89. The monoisotopic (exact) mass is 191 g/mol. The van der Waals surface area contributed by atoms with Gasteiger partial charge in [-0.25, -0.2) is 15.0 Å². The van der Waals surface area contributed by atoms with Gasteiger partial charge in [0.05, 0.1) is 12.7 Å². The van der Waals surface area contributed by atoms with Crippen LogP contribution in [0.3, 0.4) is 0 Å². The summed E-state index contributed by atoms with van der Waals surface area (Å²) in [5.74, 6) is 0.897. The van der Waals surface area contributed by atoms with Crippen molar-refractivity contribution in [3.8, 4) is 0 Å². The molecule has 2 aromatic heterocycles. The van der Waals surface area contributed by atoms with Crippen LogP contribution < -0.4 is 5.32 Å². The van der Waals surface area contributed by atoms with E-state index >= 15 is 0 Å². The summed E-state index contributed by atoms with van der Waals surface area (Å²) in [6, 6.07) is 0.453. The number of aromatic amines is 1. The first-order chi connectivity index (χ1) is 6.75. The lowest BCUT2D eigenvalue weighted by atomic mass is 10.4. The molecule has 0 bridgehead atoms. The van der Waals surface area contributed by atoms with Crippen LogP contribution in [0.2, 0.25) is 0 Å². The Hall–Kier alpha value is -1.49. The molecule has 0 unspecified atom stereocenters. The second-order valence-electron chi connectivity index (χ2n) is 3.48. The molecule has 0 spiro atoms. The Labute approximate surface area is 82.0 Å². The summed E-state index contributed by atoms with van der Waals surface area (Å²) in [6.07, 6.45) is 3.23. The molecule has 0 fully saturated rings. The van der Waals surface area contributed by atoms with Crippen molar-refractivity contribution in [2.24, 2.45) is 0 Å². The van der Waals surface area contributed by atoms with Gasteiger partial charge in [-0.2, -0.15) is 0 Å². The summed E-state index contributed by atoms with van der Waals surface area (Å²) in [7, 11) is 0. The highest BCUT2D eigenvalue weighted by Gasteiger charge is 2.03. The third-order valence-electron chi connectivity index (χ3n) is 1.89. The second-order valence-corrected chi connectivity index (χ2v) is 3.48. The van der Waals surface area contributed by atoms with E-state index in [1.807, 2.05) is 0 Å². The lowest BCUT2D eigenvalue weighted by Gasteiger charge is -2.04. The number of aromatic nitrogens is 4. The highest BCUT2D eigenvalue weighted by Crippen LogP contribution is 2.05. The van der Waals surface area contributed by atoms with Gasteiger partial charge in [0, 0.05) is 6.04 Å². The molecule has 0 saturated carbocycles. The van der Waals surface area contributed by atoms with Crippen molar-refractivity contribution in [3.05, 3.63) is 18.3 Å². The van der Waals surface area contributed by atoms with Crippen molar-refractivity contribution in [2.45, 2.75) is 26.4 Å². The number of nitrogens with one attached hydrogen (secondary N) is 2. The molecule has 0 amide bonds. The predicted molar refractivity (Wildman–Crippen MR) is 53.7 cm³/mol. The number of rotatable bonds is 3. The number of imidazole rings is 1. The first-order valence-corrected chi connectivity index (χ1v) is 4.63. The van der Waals surface area contributed by atoms with Crippen LogP contribution in [0.4, 0.5) is 0 Å². The topological polar surface area (TPSA) is 66.5 Å². The first kappa shape index (κ1) is 9.08. The highest BCUT2D eigenvalue weighted by molar-refractivity contribution is 5.68. The van der Waals surface area contributed by atoms with E-state index in [4.69, 9.17) is 0 Å². The molecule has 5 nitrogen and oxygen atoms in total. The minimum atomic E-state index is 0.453. The van der Waals surface area contributed by atoms with Gasteiger partial charge in [0.1, 0.15) is 17.7 Å². The Balaban J connectivity index is 2.19. The molecule has 5 heteroatoms. The molecular formula is C9H13N5. The van der Waals surface area contributed by atoms with Gasteiger partial charge in [0.2, 0.25) is 0 Å². The fourth-order valence-electron chi connectivity index (χ4n) is 1.20. The Kier molecular flexibility index (Phi) is 2.41. The minimum Gasteiger partial charge on any atom is -0.338 e. The van der Waals surface area contributed by atoms with Gasteiger partial charge in [0.25, 0.3) is 0 Å². The van der Waals surface area contributed by atoms with Gasteiger partial charge in [-0.05, 0) is 0 Å². The number of nitrogens with zero attached hydrogens (tertiary/aromatic N) is 3. The molecule has 2 heterocycles. The largest absolute Gasteiger partial charge is 0.338 e. The normalized spacial score (nSPS) is 11.4. The molecule has 0 aromatic carbocycles. The highest BCUT2D eigenvalue weighted by atomic mass is 15.0. The van der Waals surface area contributed by atoms with E-state index in [-0.39, 0.29) is 0 Å². The fourth-order valence-corrected chi connectivity index (χ4v) is 1.20. The molecule has 0 atom stereocenters. The predicted octanol–water partition coefficient (Wildman–Crippen LogP) is 0.851. The Morgan fingerprint density at radius 2 is 2.36 bits per heavy atom. The van der Waals surface area contributed by atoms with Crippen LogP contribution in [-0.2, 0) is 6.54 Å². The van der Waals surface area contributed by atoms with Gasteiger partial charge >= 0.3 is 0 Å². The van der Waals surface area contributed by atoms with Crippen LogP contribution in [-0.4, -0.2) is 26.0 Å². The van der Waals surface area contributed by atoms with E-state index in [9.17, 15) is 0 Å². The van der Waals surface area contributed by atoms with E-state index in [1.54, 1.807) is 6.20 Å².